The number of fused-ring (bicyclic) bond motifs is 12. The van der Waals surface area contributed by atoms with Crippen molar-refractivity contribution in [3.8, 4) is 0 Å². The van der Waals surface area contributed by atoms with Crippen molar-refractivity contribution >= 4 is 110 Å². The molecule has 0 spiro atoms. The maximum absolute atomic E-state index is 10.4. The highest BCUT2D eigenvalue weighted by Gasteiger charge is 2.31. The zero-order valence-electron chi connectivity index (χ0n) is 66.2. The van der Waals surface area contributed by atoms with Crippen molar-refractivity contribution in [2.24, 2.45) is 0 Å². The maximum Gasteiger partial charge on any atom is 0.0645 e. The van der Waals surface area contributed by atoms with Crippen molar-refractivity contribution in [3.05, 3.63) is 204 Å². The van der Waals surface area contributed by atoms with Crippen LogP contribution in [0, 0.1) is 0 Å². The topological polar surface area (TPSA) is 15.3 Å². The lowest BCUT2D eigenvalue weighted by atomic mass is 9.85. The van der Waals surface area contributed by atoms with Gasteiger partial charge in [-0.1, -0.05) is 178 Å². The molecule has 0 unspecified atom stereocenters. The SMILES string of the molecule is [2H]c1c([2H])c(C([2H])(C([2H])([2H])[2H])C([2H])([2H])[2H])c([2H])c([2H])c1N(c1ccccc1)c1c([2H])c([2H])c2c3cc4c(cc3n3c5c(C(C)(C)C)cccc5c1c23)c1c([2H])c([2H])c(N(c2ccccc2)c2c([2H])c([2H])c(C([2H])(C([2H])([2H])[2H])C([2H])([2H])[2H])c([2H])c2[2H])c2c3cccc(C(C)(C)C)c3n4c12. The summed E-state index contributed by atoms with van der Waals surface area (Å²) in [6.07, 6.45) is 0. The van der Waals surface area contributed by atoms with Crippen LogP contribution in [0.3, 0.4) is 0 Å². The van der Waals surface area contributed by atoms with Crippen LogP contribution in [0.25, 0.3) is 76.2 Å². The molecule has 9 aromatic carbocycles. The molecule has 4 heteroatoms. The van der Waals surface area contributed by atoms with Crippen LogP contribution in [-0.4, -0.2) is 8.80 Å². The van der Waals surface area contributed by atoms with E-state index in [1.54, 1.807) is 60.7 Å². The fourth-order valence-electron chi connectivity index (χ4n) is 10.9. The highest BCUT2D eigenvalue weighted by atomic mass is 15.2. The van der Waals surface area contributed by atoms with E-state index in [4.69, 9.17) is 19.2 Å². The molecule has 0 atom stereocenters. The third kappa shape index (κ3) is 6.43. The first kappa shape index (κ1) is 24.5. The van der Waals surface area contributed by atoms with Gasteiger partial charge in [0.25, 0.3) is 0 Å². The average molecular weight is 961 g/mol. The summed E-state index contributed by atoms with van der Waals surface area (Å²) in [7, 11) is 0. The van der Waals surface area contributed by atoms with Gasteiger partial charge in [0.2, 0.25) is 0 Å². The van der Waals surface area contributed by atoms with Gasteiger partial charge in [0.1, 0.15) is 0 Å². The zero-order chi connectivity index (χ0) is 71.8. The van der Waals surface area contributed by atoms with Crippen molar-refractivity contribution in [2.75, 3.05) is 9.80 Å². The van der Waals surface area contributed by atoms with Crippen LogP contribution < -0.4 is 9.80 Å². The molecular weight excluding hydrogens is 873 g/mol. The molecule has 0 radical (unpaired) electrons. The first-order valence-electron chi connectivity index (χ1n) is 36.6. The molecule has 13 rings (SSSR count). The van der Waals surface area contributed by atoms with E-state index in [9.17, 15) is 16.4 Å². The van der Waals surface area contributed by atoms with Gasteiger partial charge in [-0.25, -0.2) is 0 Å². The minimum Gasteiger partial charge on any atom is -0.310 e. The summed E-state index contributed by atoms with van der Waals surface area (Å²) in [5, 5.41) is 3.00. The van der Waals surface area contributed by atoms with Gasteiger partial charge in [0, 0.05) is 85.0 Å². The minimum atomic E-state index is -3.70. The smallest absolute Gasteiger partial charge is 0.0645 e. The Kier molecular flexibility index (Phi) is 5.40. The Morgan fingerprint density at radius 3 is 1.15 bits per heavy atom. The van der Waals surface area contributed by atoms with Crippen molar-refractivity contribution in [3.63, 3.8) is 0 Å². The molecule has 4 heterocycles. The molecule has 0 aliphatic rings. The molecule has 0 fully saturated rings. The van der Waals surface area contributed by atoms with Crippen LogP contribution in [0.2, 0.25) is 0 Å². The largest absolute Gasteiger partial charge is 0.310 e. The molecule has 0 amide bonds. The number of rotatable bonds is 8. The number of para-hydroxylation sites is 4. The Morgan fingerprint density at radius 1 is 0.403 bits per heavy atom. The van der Waals surface area contributed by atoms with Crippen LogP contribution in [0.1, 0.15) is 139 Å². The fraction of sp³-hybridized carbons (Fsp3) is 0.206. The summed E-state index contributed by atoms with van der Waals surface area (Å²) in [6.45, 7) is -2.75. The van der Waals surface area contributed by atoms with Gasteiger partial charge >= 0.3 is 0 Å². The lowest BCUT2D eigenvalue weighted by molar-refractivity contribution is 0.594. The summed E-state index contributed by atoms with van der Waals surface area (Å²) < 4.78 is 239. The molecule has 0 aliphatic heterocycles. The number of hydrogen-bond acceptors (Lipinski definition) is 2. The molecule has 4 aromatic heterocycles. The second kappa shape index (κ2) is 15.8. The van der Waals surface area contributed by atoms with Gasteiger partial charge in [0.05, 0.1) is 60.9 Å². The summed E-state index contributed by atoms with van der Waals surface area (Å²) in [5.74, 6) is -7.30. The molecule has 72 heavy (non-hydrogen) atoms. The van der Waals surface area contributed by atoms with Crippen molar-refractivity contribution in [1.82, 2.24) is 8.80 Å². The summed E-state index contributed by atoms with van der Waals surface area (Å²) in [4.78, 5) is 2.58. The van der Waals surface area contributed by atoms with E-state index in [1.807, 2.05) is 98.9 Å². The highest BCUT2D eigenvalue weighted by molar-refractivity contribution is 6.32. The molecular formula is C68H62N4. The lowest BCUT2D eigenvalue weighted by Crippen LogP contribution is -2.12. The number of aromatic nitrogens is 2. The highest BCUT2D eigenvalue weighted by Crippen LogP contribution is 2.53. The van der Waals surface area contributed by atoms with E-state index in [1.165, 1.54) is 9.80 Å². The predicted octanol–water partition coefficient (Wildman–Crippen LogP) is 19.8. The van der Waals surface area contributed by atoms with Gasteiger partial charge in [-0.05, 0) is 118 Å². The van der Waals surface area contributed by atoms with Crippen LogP contribution in [-0.2, 0) is 10.8 Å². The van der Waals surface area contributed by atoms with E-state index < -0.39 is 133 Å². The van der Waals surface area contributed by atoms with Gasteiger partial charge in [-0.3, -0.25) is 0 Å². The Balaban J connectivity index is 1.21. The van der Waals surface area contributed by atoms with E-state index in [0.29, 0.717) is 65.4 Å². The average Bonchev–Trinajstić information content (AvgIpc) is 1.49. The van der Waals surface area contributed by atoms with Crippen molar-refractivity contribution < 1.29 is 35.6 Å². The minimum absolute atomic E-state index is 0.0986. The Bertz CT molecular complexity index is 5110. The van der Waals surface area contributed by atoms with Crippen LogP contribution in [0.5, 0.6) is 0 Å². The Morgan fingerprint density at radius 2 is 0.792 bits per heavy atom. The number of hydrogen-bond donors (Lipinski definition) is 0. The summed E-state index contributed by atoms with van der Waals surface area (Å²) in [6, 6.07) is 21.2. The molecule has 0 aliphatic carbocycles. The fourth-order valence-corrected chi connectivity index (χ4v) is 10.9. The van der Waals surface area contributed by atoms with E-state index >= 15 is 0 Å². The molecule has 4 nitrogen and oxygen atoms in total. The number of nitrogens with zero attached hydrogens (tertiary/aromatic N) is 4. The third-order valence-corrected chi connectivity index (χ3v) is 13.9. The monoisotopic (exact) mass is 961 g/mol. The molecule has 13 aromatic rings. The summed E-state index contributed by atoms with van der Waals surface area (Å²) >= 11 is 0. The lowest BCUT2D eigenvalue weighted by Gasteiger charge is -2.27. The van der Waals surface area contributed by atoms with Gasteiger partial charge in [-0.2, -0.15) is 0 Å². The second-order valence-corrected chi connectivity index (χ2v) is 20.4. The maximum atomic E-state index is 10.4. The van der Waals surface area contributed by atoms with Crippen LogP contribution in [0.4, 0.5) is 34.1 Å². The molecule has 0 bridgehead atoms. The molecule has 0 saturated heterocycles. The Hall–Kier alpha value is -7.82. The van der Waals surface area contributed by atoms with Crippen LogP contribution >= 0.6 is 0 Å². The van der Waals surface area contributed by atoms with E-state index in [2.05, 4.69) is 0 Å². The first-order valence-corrected chi connectivity index (χ1v) is 23.6. The predicted molar refractivity (Wildman–Crippen MR) is 311 cm³/mol. The standard InChI is InChI=1S/C68H62N4/c1-41(2)43-27-31-47(32-28-43)69(45-19-13-11-14-20-45)57-37-35-49-53-39-60-54(40-59(53)71-63-51(61(57)65(49)71)23-17-25-55(63)67(5,6)7)50-36-38-58(62-52-24-18-26-56(68(8,9)10)64(52)72(60)66(50)62)70(46-21-15-12-16-22-46)48-33-29-44(30-34-48)42(3)4/h11-42H,1-10H3/i1D3,2D3,3D3,4D3,27D,28D,29D,30D,31D,32D,33D,34D,35D,36D,37D,38D,41D,42D. The Labute approximate surface area is 459 Å². The number of benzene rings is 9. The van der Waals surface area contributed by atoms with Gasteiger partial charge in [0.15, 0.2) is 0 Å². The first-order chi connectivity index (χ1) is 45.3. The quantitative estimate of drug-likeness (QED) is 0.151. The van der Waals surface area contributed by atoms with Crippen molar-refractivity contribution in [2.45, 2.75) is 91.6 Å². The molecule has 0 saturated carbocycles. The number of anilines is 6. The third-order valence-electron chi connectivity index (χ3n) is 13.9. The van der Waals surface area contributed by atoms with Crippen molar-refractivity contribution in [1.29, 1.82) is 0 Å². The zero-order valence-corrected chi connectivity index (χ0v) is 40.2. The van der Waals surface area contributed by atoms with E-state index in [0.717, 1.165) is 11.1 Å². The van der Waals surface area contributed by atoms with Gasteiger partial charge in [-0.15, -0.1) is 0 Å². The van der Waals surface area contributed by atoms with E-state index in [-0.39, 0.29) is 45.6 Å². The molecule has 354 valence electrons. The molecule has 0 N–H and O–H groups in total. The van der Waals surface area contributed by atoms with Crippen LogP contribution in [0.15, 0.2) is 182 Å². The second-order valence-electron chi connectivity index (χ2n) is 20.4. The van der Waals surface area contributed by atoms with Gasteiger partial charge < -0.3 is 18.6 Å². The normalized spacial score (nSPS) is 19.0. The summed E-state index contributed by atoms with van der Waals surface area (Å²) in [5.41, 5.74) is -0.209.